The van der Waals surface area contributed by atoms with E-state index in [-0.39, 0.29) is 17.6 Å². The van der Waals surface area contributed by atoms with Gasteiger partial charge in [0.15, 0.2) is 0 Å². The zero-order valence-corrected chi connectivity index (χ0v) is 17.7. The fourth-order valence-corrected chi connectivity index (χ4v) is 4.41. The van der Waals surface area contributed by atoms with E-state index in [4.69, 9.17) is 9.68 Å². The number of para-hydroxylation sites is 1. The lowest BCUT2D eigenvalue weighted by atomic mass is 9.95. The van der Waals surface area contributed by atoms with Crippen molar-refractivity contribution in [2.24, 2.45) is 11.1 Å². The van der Waals surface area contributed by atoms with Crippen LogP contribution in [0.2, 0.25) is 0 Å². The summed E-state index contributed by atoms with van der Waals surface area (Å²) in [5.41, 5.74) is 6.08. The van der Waals surface area contributed by atoms with Crippen molar-refractivity contribution in [1.29, 1.82) is 0 Å². The van der Waals surface area contributed by atoms with Crippen molar-refractivity contribution in [3.05, 3.63) is 29.3 Å². The van der Waals surface area contributed by atoms with Gasteiger partial charge in [0.05, 0.1) is 18.2 Å². The predicted molar refractivity (Wildman–Crippen MR) is 112 cm³/mol. The maximum atomic E-state index is 12.2. The molecule has 3 heterocycles. The molecule has 2 N–H and O–H groups in total. The lowest BCUT2D eigenvalue weighted by Crippen LogP contribution is -2.40. The summed E-state index contributed by atoms with van der Waals surface area (Å²) in [5.74, 6) is 1.68. The van der Waals surface area contributed by atoms with Gasteiger partial charge in [0.25, 0.3) is 0 Å². The van der Waals surface area contributed by atoms with Crippen molar-refractivity contribution in [2.75, 3.05) is 19.6 Å². The second kappa shape index (κ2) is 8.32. The second-order valence-corrected chi connectivity index (χ2v) is 9.17. The number of amides is 1. The minimum atomic E-state index is -0.114. The fraction of sp³-hybridized carbons (Fsp3) is 0.636. The van der Waals surface area contributed by atoms with Gasteiger partial charge in [-0.15, -0.1) is 5.48 Å². The number of oxime groups is 1. The molecule has 1 aromatic rings. The maximum Gasteiger partial charge on any atom is 0.222 e. The van der Waals surface area contributed by atoms with Crippen LogP contribution in [0.3, 0.4) is 0 Å². The summed E-state index contributed by atoms with van der Waals surface area (Å²) in [6.07, 6.45) is 3.55. The molecular formula is C22H32N4O3. The number of hydroxylamine groups is 1. The summed E-state index contributed by atoms with van der Waals surface area (Å²) in [5, 5.41) is 6.88. The third kappa shape index (κ3) is 4.90. The Morgan fingerprint density at radius 2 is 2.14 bits per heavy atom. The van der Waals surface area contributed by atoms with Crippen LogP contribution in [0.5, 0.6) is 5.75 Å². The third-order valence-electron chi connectivity index (χ3n) is 6.14. The van der Waals surface area contributed by atoms with Gasteiger partial charge in [-0.05, 0) is 58.2 Å². The van der Waals surface area contributed by atoms with E-state index in [1.165, 1.54) is 11.1 Å². The Labute approximate surface area is 172 Å². The Balaban J connectivity index is 1.21. The van der Waals surface area contributed by atoms with Gasteiger partial charge in [-0.3, -0.25) is 14.6 Å². The fourth-order valence-electron chi connectivity index (χ4n) is 4.41. The molecule has 1 saturated heterocycles. The van der Waals surface area contributed by atoms with Crippen LogP contribution in [-0.4, -0.2) is 47.8 Å². The van der Waals surface area contributed by atoms with Crippen LogP contribution < -0.4 is 15.5 Å². The number of piperidine rings is 1. The Hall–Kier alpha value is -2.12. The molecule has 7 nitrogen and oxygen atoms in total. The highest BCUT2D eigenvalue weighted by Crippen LogP contribution is 2.38. The van der Waals surface area contributed by atoms with Crippen LogP contribution in [0.25, 0.3) is 0 Å². The number of rotatable bonds is 6. The van der Waals surface area contributed by atoms with Crippen molar-refractivity contribution < 1.29 is 14.5 Å². The minimum absolute atomic E-state index is 0.0459. The Kier molecular flexibility index (Phi) is 5.79. The first-order valence-corrected chi connectivity index (χ1v) is 10.6. The minimum Gasteiger partial charge on any atom is -0.487 e. The lowest BCUT2D eigenvalue weighted by molar-refractivity contribution is -0.122. The Morgan fingerprint density at radius 3 is 2.86 bits per heavy atom. The van der Waals surface area contributed by atoms with Crippen molar-refractivity contribution >= 4 is 11.6 Å². The molecule has 0 bridgehead atoms. The molecule has 0 saturated carbocycles. The number of carbonyl (C=O) groups is 1. The molecule has 3 aliphatic heterocycles. The van der Waals surface area contributed by atoms with Crippen molar-refractivity contribution in [3.63, 3.8) is 0 Å². The van der Waals surface area contributed by atoms with Crippen LogP contribution in [-0.2, 0) is 22.7 Å². The molecule has 0 aromatic heterocycles. The number of nitrogens with zero attached hydrogens (tertiary/aromatic N) is 2. The highest BCUT2D eigenvalue weighted by molar-refractivity contribution is 5.92. The normalized spacial score (nSPS) is 23.8. The Bertz CT molecular complexity index is 784. The standard InChI is InChI=1S/C22H32N4O3/c1-15-19(25-29-24-15)11-20(27)23-13-16-7-9-26(10-8-16)14-18-6-4-5-17-12-22(2,3)28-21(17)18/h4-6,16,19,25H,7-14H2,1-3H3,(H,23,27). The van der Waals surface area contributed by atoms with Crippen LogP contribution in [0.15, 0.2) is 23.4 Å². The number of carbonyl (C=O) groups excluding carboxylic acids is 1. The van der Waals surface area contributed by atoms with Gasteiger partial charge in [-0.25, -0.2) is 0 Å². The van der Waals surface area contributed by atoms with Crippen LogP contribution in [0.4, 0.5) is 0 Å². The van der Waals surface area contributed by atoms with Gasteiger partial charge >= 0.3 is 0 Å². The van der Waals surface area contributed by atoms with Crippen LogP contribution in [0.1, 0.15) is 51.2 Å². The predicted octanol–water partition coefficient (Wildman–Crippen LogP) is 2.40. The number of fused-ring (bicyclic) bond motifs is 1. The monoisotopic (exact) mass is 400 g/mol. The van der Waals surface area contributed by atoms with Gasteiger partial charge in [0.1, 0.15) is 11.4 Å². The highest BCUT2D eigenvalue weighted by atomic mass is 16.8. The first kappa shape index (κ1) is 20.2. The highest BCUT2D eigenvalue weighted by Gasteiger charge is 2.32. The van der Waals surface area contributed by atoms with Gasteiger partial charge in [0, 0.05) is 25.1 Å². The summed E-state index contributed by atoms with van der Waals surface area (Å²) < 4.78 is 6.22. The first-order chi connectivity index (χ1) is 13.9. The van der Waals surface area contributed by atoms with Crippen LogP contribution in [0, 0.1) is 5.92 Å². The van der Waals surface area contributed by atoms with Gasteiger partial charge in [-0.2, -0.15) is 0 Å². The molecule has 158 valence electrons. The van der Waals surface area contributed by atoms with E-state index in [9.17, 15) is 4.79 Å². The zero-order chi connectivity index (χ0) is 20.4. The van der Waals surface area contributed by atoms with E-state index in [1.807, 2.05) is 6.92 Å². The zero-order valence-electron chi connectivity index (χ0n) is 17.7. The summed E-state index contributed by atoms with van der Waals surface area (Å²) in [6, 6.07) is 6.41. The van der Waals surface area contributed by atoms with Gasteiger partial charge < -0.3 is 10.1 Å². The molecular weight excluding hydrogens is 368 g/mol. The molecule has 1 unspecified atom stereocenters. The Morgan fingerprint density at radius 1 is 1.34 bits per heavy atom. The van der Waals surface area contributed by atoms with Crippen molar-refractivity contribution in [1.82, 2.24) is 15.7 Å². The third-order valence-corrected chi connectivity index (χ3v) is 6.14. The topological polar surface area (TPSA) is 75.2 Å². The molecule has 7 heteroatoms. The second-order valence-electron chi connectivity index (χ2n) is 9.17. The van der Waals surface area contributed by atoms with Gasteiger partial charge in [0.2, 0.25) is 5.91 Å². The molecule has 0 spiro atoms. The van der Waals surface area contributed by atoms with E-state index < -0.39 is 0 Å². The smallest absolute Gasteiger partial charge is 0.222 e. The summed E-state index contributed by atoms with van der Waals surface area (Å²) in [6.45, 7) is 9.95. The molecule has 1 fully saturated rings. The molecule has 0 radical (unpaired) electrons. The average Bonchev–Trinajstić information content (AvgIpc) is 3.23. The molecule has 4 rings (SSSR count). The van der Waals surface area contributed by atoms with E-state index in [0.29, 0.717) is 12.3 Å². The summed E-state index contributed by atoms with van der Waals surface area (Å²) in [7, 11) is 0. The number of nitrogens with one attached hydrogen (secondary N) is 2. The SMILES string of the molecule is CC1=NONC1CC(=O)NCC1CCN(Cc2cccc3c2OC(C)(C)C3)CC1. The number of benzene rings is 1. The summed E-state index contributed by atoms with van der Waals surface area (Å²) in [4.78, 5) is 19.5. The molecule has 1 aromatic carbocycles. The molecule has 3 aliphatic rings. The number of hydrogen-bond donors (Lipinski definition) is 2. The molecule has 1 atom stereocenters. The average molecular weight is 401 g/mol. The van der Waals surface area contributed by atoms with Gasteiger partial charge in [-0.1, -0.05) is 23.4 Å². The quantitative estimate of drug-likeness (QED) is 0.767. The maximum absolute atomic E-state index is 12.2. The number of likely N-dealkylation sites (tertiary alicyclic amines) is 1. The largest absolute Gasteiger partial charge is 0.487 e. The molecule has 1 amide bonds. The van der Waals surface area contributed by atoms with Crippen molar-refractivity contribution in [2.45, 2.75) is 64.6 Å². The first-order valence-electron chi connectivity index (χ1n) is 10.6. The van der Waals surface area contributed by atoms with E-state index >= 15 is 0 Å². The van der Waals surface area contributed by atoms with E-state index in [1.54, 1.807) is 0 Å². The van der Waals surface area contributed by atoms with E-state index in [0.717, 1.165) is 56.9 Å². The van der Waals surface area contributed by atoms with Crippen LogP contribution >= 0.6 is 0 Å². The number of hydrogen-bond acceptors (Lipinski definition) is 6. The lowest BCUT2D eigenvalue weighted by Gasteiger charge is -2.32. The summed E-state index contributed by atoms with van der Waals surface area (Å²) >= 11 is 0. The molecule has 0 aliphatic carbocycles. The number of ether oxygens (including phenoxy) is 1. The molecule has 29 heavy (non-hydrogen) atoms. The van der Waals surface area contributed by atoms with Crippen molar-refractivity contribution in [3.8, 4) is 5.75 Å². The van der Waals surface area contributed by atoms with E-state index in [2.05, 4.69) is 52.9 Å².